The molecule has 2 aromatic carbocycles. The molecule has 0 N–H and O–H groups in total. The van der Waals surface area contributed by atoms with Crippen LogP contribution in [0.25, 0.3) is 5.57 Å². The molecule has 0 unspecified atom stereocenters. The summed E-state index contributed by atoms with van der Waals surface area (Å²) in [6, 6.07) is 19.2. The van der Waals surface area contributed by atoms with Crippen LogP contribution < -0.4 is 0 Å². The average Bonchev–Trinajstić information content (AvgIpc) is 2.91. The Morgan fingerprint density at radius 2 is 1.25 bits per heavy atom. The van der Waals surface area contributed by atoms with Gasteiger partial charge in [-0.1, -0.05) is 73.2 Å². The second-order valence-corrected chi connectivity index (χ2v) is 5.67. The molecule has 1 aliphatic rings. The normalized spacial score (nSPS) is 16.2. The first-order valence-corrected chi connectivity index (χ1v) is 7.95. The highest BCUT2D eigenvalue weighted by atomic mass is 16.6. The summed E-state index contributed by atoms with van der Waals surface area (Å²) >= 11 is 0. The van der Waals surface area contributed by atoms with Gasteiger partial charge in [-0.05, 0) is 24.5 Å². The summed E-state index contributed by atoms with van der Waals surface area (Å²) in [6.07, 6.45) is 0.679. The molecule has 0 amide bonds. The molecule has 3 heteroatoms. The van der Waals surface area contributed by atoms with Crippen molar-refractivity contribution in [1.82, 2.24) is 0 Å². The lowest BCUT2D eigenvalue weighted by molar-refractivity contribution is -0.149. The van der Waals surface area contributed by atoms with Gasteiger partial charge in [0.2, 0.25) is 0 Å². The fourth-order valence-electron chi connectivity index (χ4n) is 2.85. The fourth-order valence-corrected chi connectivity index (χ4v) is 2.85. The largest absolute Gasteiger partial charge is 0.386 e. The molecule has 1 heterocycles. The van der Waals surface area contributed by atoms with Crippen LogP contribution in [-0.4, -0.2) is 11.9 Å². The van der Waals surface area contributed by atoms with E-state index < -0.39 is 11.9 Å². The van der Waals surface area contributed by atoms with Crippen molar-refractivity contribution in [3.63, 3.8) is 0 Å². The predicted octanol–water partition coefficient (Wildman–Crippen LogP) is 4.30. The number of ether oxygens (including phenoxy) is 1. The first-order chi connectivity index (χ1) is 11.6. The lowest BCUT2D eigenvalue weighted by Gasteiger charge is -2.12. The van der Waals surface area contributed by atoms with Gasteiger partial charge in [0.25, 0.3) is 0 Å². The Kier molecular flexibility index (Phi) is 4.43. The Bertz CT molecular complexity index is 802. The van der Waals surface area contributed by atoms with Crippen molar-refractivity contribution < 1.29 is 14.3 Å². The predicted molar refractivity (Wildman–Crippen MR) is 93.0 cm³/mol. The zero-order valence-corrected chi connectivity index (χ0v) is 13.7. The Balaban J connectivity index is 2.37. The van der Waals surface area contributed by atoms with Gasteiger partial charge in [-0.3, -0.25) is 0 Å². The average molecular weight is 318 g/mol. The number of carbonyl (C=O) groups excluding carboxylic acids is 2. The van der Waals surface area contributed by atoms with Crippen LogP contribution >= 0.6 is 0 Å². The molecule has 0 saturated carbocycles. The quantitative estimate of drug-likeness (QED) is 0.481. The van der Waals surface area contributed by atoms with Gasteiger partial charge in [0.05, 0.1) is 11.1 Å². The third-order valence-corrected chi connectivity index (χ3v) is 4.18. The zero-order valence-electron chi connectivity index (χ0n) is 13.7. The minimum atomic E-state index is -0.578. The number of esters is 2. The van der Waals surface area contributed by atoms with Gasteiger partial charge in [-0.25, -0.2) is 9.59 Å². The number of hydrogen-bond donors (Lipinski definition) is 0. The van der Waals surface area contributed by atoms with Crippen LogP contribution in [-0.2, 0) is 14.3 Å². The summed E-state index contributed by atoms with van der Waals surface area (Å²) < 4.78 is 4.94. The second-order valence-electron chi connectivity index (χ2n) is 5.67. The van der Waals surface area contributed by atoms with Gasteiger partial charge in [0.1, 0.15) is 0 Å². The number of benzene rings is 2. The fraction of sp³-hybridized carbons (Fsp3) is 0.143. The summed E-state index contributed by atoms with van der Waals surface area (Å²) in [5, 5.41) is 0. The van der Waals surface area contributed by atoms with Gasteiger partial charge in [0.15, 0.2) is 0 Å². The van der Waals surface area contributed by atoms with Crippen LogP contribution in [0.5, 0.6) is 0 Å². The standard InChI is InChI=1S/C21H18O3/c1-3-14(2)17-19(21(23)24-20(17)22)18(15-10-6-4-7-11-15)16-12-8-5-9-13-16/h4-13H,3H2,1-2H3/b17-14-. The Morgan fingerprint density at radius 3 is 1.71 bits per heavy atom. The van der Waals surface area contributed by atoms with E-state index in [1.165, 1.54) is 0 Å². The lowest BCUT2D eigenvalue weighted by atomic mass is 9.88. The van der Waals surface area contributed by atoms with E-state index in [0.29, 0.717) is 17.6 Å². The topological polar surface area (TPSA) is 43.4 Å². The van der Waals surface area contributed by atoms with Crippen LogP contribution in [0.1, 0.15) is 31.4 Å². The molecule has 0 aliphatic carbocycles. The van der Waals surface area contributed by atoms with Gasteiger partial charge >= 0.3 is 11.9 Å². The molecule has 120 valence electrons. The van der Waals surface area contributed by atoms with E-state index >= 15 is 0 Å². The molecule has 24 heavy (non-hydrogen) atoms. The van der Waals surface area contributed by atoms with Gasteiger partial charge in [-0.15, -0.1) is 0 Å². The number of hydrogen-bond acceptors (Lipinski definition) is 3. The molecule has 3 nitrogen and oxygen atoms in total. The van der Waals surface area contributed by atoms with Crippen molar-refractivity contribution >= 4 is 17.5 Å². The van der Waals surface area contributed by atoms with Crippen molar-refractivity contribution in [1.29, 1.82) is 0 Å². The molecule has 0 radical (unpaired) electrons. The molecular formula is C21H18O3. The number of rotatable bonds is 3. The summed E-state index contributed by atoms with van der Waals surface area (Å²) in [5.41, 5.74) is 4.10. The molecule has 0 atom stereocenters. The summed E-state index contributed by atoms with van der Waals surface area (Å²) in [4.78, 5) is 24.7. The molecule has 2 aromatic rings. The maximum absolute atomic E-state index is 12.5. The van der Waals surface area contributed by atoms with E-state index in [2.05, 4.69) is 0 Å². The Hall–Kier alpha value is -2.94. The Labute approximate surface area is 141 Å². The van der Waals surface area contributed by atoms with Crippen molar-refractivity contribution in [2.45, 2.75) is 20.3 Å². The lowest BCUT2D eigenvalue weighted by Crippen LogP contribution is -2.03. The van der Waals surface area contributed by atoms with Gasteiger partial charge in [0, 0.05) is 5.57 Å². The van der Waals surface area contributed by atoms with Crippen LogP contribution in [0.15, 0.2) is 77.4 Å². The number of cyclic esters (lactones) is 2. The van der Waals surface area contributed by atoms with E-state index in [4.69, 9.17) is 4.74 Å². The first kappa shape index (κ1) is 15.9. The highest BCUT2D eigenvalue weighted by Crippen LogP contribution is 2.36. The highest BCUT2D eigenvalue weighted by molar-refractivity contribution is 6.23. The molecule has 1 aliphatic heterocycles. The van der Waals surface area contributed by atoms with Crippen LogP contribution in [0.2, 0.25) is 0 Å². The third-order valence-electron chi connectivity index (χ3n) is 4.18. The van der Waals surface area contributed by atoms with Crippen molar-refractivity contribution in [3.05, 3.63) is 88.5 Å². The first-order valence-electron chi connectivity index (χ1n) is 7.95. The molecule has 1 fully saturated rings. The zero-order chi connectivity index (χ0) is 17.1. The van der Waals surface area contributed by atoms with Crippen molar-refractivity contribution in [3.8, 4) is 0 Å². The van der Waals surface area contributed by atoms with E-state index in [1.807, 2.05) is 74.5 Å². The van der Waals surface area contributed by atoms with Crippen LogP contribution in [0.4, 0.5) is 0 Å². The minimum absolute atomic E-state index is 0.358. The minimum Gasteiger partial charge on any atom is -0.386 e. The van der Waals surface area contributed by atoms with Crippen LogP contribution in [0.3, 0.4) is 0 Å². The molecule has 3 rings (SSSR count). The van der Waals surface area contributed by atoms with Gasteiger partial charge < -0.3 is 4.74 Å². The van der Waals surface area contributed by atoms with Gasteiger partial charge in [-0.2, -0.15) is 0 Å². The van der Waals surface area contributed by atoms with E-state index in [9.17, 15) is 9.59 Å². The van der Waals surface area contributed by atoms with E-state index in [-0.39, 0.29) is 0 Å². The molecule has 0 spiro atoms. The van der Waals surface area contributed by atoms with Crippen LogP contribution in [0, 0.1) is 0 Å². The monoisotopic (exact) mass is 318 g/mol. The smallest absolute Gasteiger partial charge is 0.347 e. The SMILES string of the molecule is CC/C(C)=C1\C(=O)OC(=O)C1=C(c1ccccc1)c1ccccc1. The Morgan fingerprint density at radius 1 is 0.792 bits per heavy atom. The summed E-state index contributed by atoms with van der Waals surface area (Å²) in [6.45, 7) is 3.82. The highest BCUT2D eigenvalue weighted by Gasteiger charge is 2.37. The van der Waals surface area contributed by atoms with E-state index in [1.54, 1.807) is 0 Å². The maximum Gasteiger partial charge on any atom is 0.347 e. The summed E-state index contributed by atoms with van der Waals surface area (Å²) in [7, 11) is 0. The summed E-state index contributed by atoms with van der Waals surface area (Å²) in [5.74, 6) is -1.13. The molecule has 0 bridgehead atoms. The maximum atomic E-state index is 12.5. The molecule has 0 aromatic heterocycles. The van der Waals surface area contributed by atoms with Crippen molar-refractivity contribution in [2.24, 2.45) is 0 Å². The third kappa shape index (κ3) is 2.81. The molecule has 1 saturated heterocycles. The molecular weight excluding hydrogens is 300 g/mol. The van der Waals surface area contributed by atoms with E-state index in [0.717, 1.165) is 22.3 Å². The second kappa shape index (κ2) is 6.67. The van der Waals surface area contributed by atoms with Crippen molar-refractivity contribution in [2.75, 3.05) is 0 Å². The number of carbonyl (C=O) groups is 2. The number of allylic oxidation sites excluding steroid dienone is 1.